The predicted molar refractivity (Wildman–Crippen MR) is 112 cm³/mol. The number of carbonyl (C=O) groups is 2. The van der Waals surface area contributed by atoms with Crippen LogP contribution >= 0.6 is 0 Å². The van der Waals surface area contributed by atoms with Crippen LogP contribution in [0.2, 0.25) is 0 Å². The van der Waals surface area contributed by atoms with Crippen LogP contribution in [0, 0.1) is 28.6 Å². The quantitative estimate of drug-likeness (QED) is 0.449. The number of aliphatic hydroxyl groups excluding tert-OH is 1. The Hall–Kier alpha value is -1.44. The van der Waals surface area contributed by atoms with Crippen molar-refractivity contribution >= 4 is 11.9 Å². The van der Waals surface area contributed by atoms with Gasteiger partial charge in [-0.2, -0.15) is 0 Å². The van der Waals surface area contributed by atoms with Crippen LogP contribution in [0.25, 0.3) is 0 Å². The molecule has 4 aliphatic carbocycles. The Bertz CT molecular complexity index is 817. The van der Waals surface area contributed by atoms with Gasteiger partial charge in [-0.05, 0) is 44.9 Å². The molecule has 1 spiro atoms. The van der Waals surface area contributed by atoms with E-state index >= 15 is 0 Å². The summed E-state index contributed by atoms with van der Waals surface area (Å²) < 4.78 is 11.4. The molecule has 4 saturated carbocycles. The van der Waals surface area contributed by atoms with Crippen molar-refractivity contribution in [1.82, 2.24) is 0 Å². The molecule has 9 unspecified atom stereocenters. The Morgan fingerprint density at radius 3 is 2.16 bits per heavy atom. The Labute approximate surface area is 183 Å². The summed E-state index contributed by atoms with van der Waals surface area (Å²) in [5.41, 5.74) is -3.40. The van der Waals surface area contributed by atoms with E-state index in [-0.39, 0.29) is 18.3 Å². The molecule has 0 radical (unpaired) electrons. The molecule has 0 aliphatic heterocycles. The Morgan fingerprint density at radius 2 is 1.58 bits per heavy atom. The molecular formula is C24H36O7. The van der Waals surface area contributed by atoms with E-state index in [0.717, 1.165) is 12.0 Å². The van der Waals surface area contributed by atoms with E-state index < -0.39 is 58.2 Å². The molecule has 31 heavy (non-hydrogen) atoms. The maximum atomic E-state index is 12.3. The summed E-state index contributed by atoms with van der Waals surface area (Å²) in [6.07, 6.45) is 0.130. The molecule has 7 heteroatoms. The lowest BCUT2D eigenvalue weighted by Gasteiger charge is -2.47. The van der Waals surface area contributed by atoms with Crippen molar-refractivity contribution in [3.8, 4) is 0 Å². The van der Waals surface area contributed by atoms with Crippen LogP contribution in [-0.4, -0.2) is 56.8 Å². The first-order valence-corrected chi connectivity index (χ1v) is 11.3. The Balaban J connectivity index is 1.86. The van der Waals surface area contributed by atoms with Crippen LogP contribution in [0.15, 0.2) is 12.2 Å². The lowest BCUT2D eigenvalue weighted by atomic mass is 9.61. The molecule has 3 N–H and O–H groups in total. The molecule has 4 aliphatic rings. The summed E-state index contributed by atoms with van der Waals surface area (Å²) in [5, 5.41) is 34.8. The van der Waals surface area contributed by atoms with Gasteiger partial charge in [-0.3, -0.25) is 9.59 Å². The smallest absolute Gasteiger partial charge is 0.303 e. The van der Waals surface area contributed by atoms with Gasteiger partial charge in [0.15, 0.2) is 0 Å². The zero-order chi connectivity index (χ0) is 23.1. The lowest BCUT2D eigenvalue weighted by Crippen LogP contribution is -2.58. The van der Waals surface area contributed by atoms with Crippen molar-refractivity contribution in [3.05, 3.63) is 12.2 Å². The van der Waals surface area contributed by atoms with E-state index in [1.54, 1.807) is 6.92 Å². The second-order valence-corrected chi connectivity index (χ2v) is 11.3. The van der Waals surface area contributed by atoms with Gasteiger partial charge in [0.1, 0.15) is 17.8 Å². The van der Waals surface area contributed by atoms with Gasteiger partial charge >= 0.3 is 11.9 Å². The molecule has 0 saturated heterocycles. The number of ether oxygens (including phenoxy) is 2. The maximum absolute atomic E-state index is 12.3. The topological polar surface area (TPSA) is 113 Å². The van der Waals surface area contributed by atoms with Crippen molar-refractivity contribution < 1.29 is 34.4 Å². The first kappa shape index (κ1) is 22.7. The molecule has 2 bridgehead atoms. The second kappa shape index (κ2) is 6.78. The minimum absolute atomic E-state index is 0.128. The van der Waals surface area contributed by atoms with Crippen LogP contribution in [0.5, 0.6) is 0 Å². The standard InChI is InChI=1S/C24H36O7/c1-12-15-7-8-16-20(27)23(15,11-22(16,6)28)10-19(31-14(3)26)24(29)17(12)9-18(21(24,4)5)30-13(2)25/h15-20,27-29H,1,7-11H2,2-6H3. The molecule has 0 aromatic rings. The van der Waals surface area contributed by atoms with Gasteiger partial charge in [0, 0.05) is 36.5 Å². The monoisotopic (exact) mass is 436 g/mol. The normalized spacial score (nSPS) is 50.3. The molecule has 0 amide bonds. The highest BCUT2D eigenvalue weighted by atomic mass is 16.6. The highest BCUT2D eigenvalue weighted by Gasteiger charge is 2.73. The van der Waals surface area contributed by atoms with Gasteiger partial charge in [-0.1, -0.05) is 26.0 Å². The van der Waals surface area contributed by atoms with Gasteiger partial charge in [0.25, 0.3) is 0 Å². The molecule has 4 fully saturated rings. The Morgan fingerprint density at radius 1 is 1.00 bits per heavy atom. The maximum Gasteiger partial charge on any atom is 0.303 e. The number of fused-ring (bicyclic) bond motifs is 2. The van der Waals surface area contributed by atoms with Crippen LogP contribution < -0.4 is 0 Å². The highest BCUT2D eigenvalue weighted by Crippen LogP contribution is 2.69. The minimum atomic E-state index is -1.52. The average Bonchev–Trinajstić information content (AvgIpc) is 2.84. The molecular weight excluding hydrogens is 400 g/mol. The molecule has 0 aromatic carbocycles. The van der Waals surface area contributed by atoms with Gasteiger partial charge in [-0.25, -0.2) is 0 Å². The van der Waals surface area contributed by atoms with E-state index in [0.29, 0.717) is 19.3 Å². The third kappa shape index (κ3) is 2.89. The van der Waals surface area contributed by atoms with Crippen molar-refractivity contribution in [2.24, 2.45) is 28.6 Å². The number of rotatable bonds is 2. The summed E-state index contributed by atoms with van der Waals surface area (Å²) in [6.45, 7) is 12.5. The van der Waals surface area contributed by atoms with E-state index in [1.165, 1.54) is 13.8 Å². The van der Waals surface area contributed by atoms with Crippen LogP contribution in [0.4, 0.5) is 0 Å². The second-order valence-electron chi connectivity index (χ2n) is 11.3. The van der Waals surface area contributed by atoms with Gasteiger partial charge in [-0.15, -0.1) is 0 Å². The summed E-state index contributed by atoms with van der Waals surface area (Å²) in [5.74, 6) is -1.79. The third-order valence-electron chi connectivity index (χ3n) is 9.30. The fourth-order valence-electron chi connectivity index (χ4n) is 7.90. The summed E-state index contributed by atoms with van der Waals surface area (Å²) in [7, 11) is 0. The van der Waals surface area contributed by atoms with Gasteiger partial charge in [0.05, 0.1) is 11.7 Å². The number of esters is 2. The zero-order valence-corrected chi connectivity index (χ0v) is 19.2. The third-order valence-corrected chi connectivity index (χ3v) is 9.30. The fraction of sp³-hybridized carbons (Fsp3) is 0.833. The van der Waals surface area contributed by atoms with Crippen molar-refractivity contribution in [1.29, 1.82) is 0 Å². The first-order chi connectivity index (χ1) is 14.2. The van der Waals surface area contributed by atoms with Crippen molar-refractivity contribution in [2.75, 3.05) is 0 Å². The predicted octanol–water partition coefficient (Wildman–Crippen LogP) is 2.12. The van der Waals surface area contributed by atoms with E-state index in [2.05, 4.69) is 6.58 Å². The van der Waals surface area contributed by atoms with Gasteiger partial charge in [0.2, 0.25) is 0 Å². The number of hydrogen-bond donors (Lipinski definition) is 3. The highest BCUT2D eigenvalue weighted by molar-refractivity contribution is 5.67. The number of hydrogen-bond acceptors (Lipinski definition) is 7. The molecule has 9 atom stereocenters. The molecule has 7 nitrogen and oxygen atoms in total. The average molecular weight is 437 g/mol. The summed E-state index contributed by atoms with van der Waals surface area (Å²) in [6, 6.07) is 0. The van der Waals surface area contributed by atoms with Crippen molar-refractivity contribution in [2.45, 2.75) is 96.2 Å². The fourth-order valence-corrected chi connectivity index (χ4v) is 7.90. The van der Waals surface area contributed by atoms with Crippen LogP contribution in [0.1, 0.15) is 66.7 Å². The van der Waals surface area contributed by atoms with Crippen LogP contribution in [0.3, 0.4) is 0 Å². The van der Waals surface area contributed by atoms with E-state index in [9.17, 15) is 24.9 Å². The van der Waals surface area contributed by atoms with Gasteiger partial charge < -0.3 is 24.8 Å². The first-order valence-electron chi connectivity index (χ1n) is 11.3. The van der Waals surface area contributed by atoms with E-state index in [4.69, 9.17) is 9.47 Å². The summed E-state index contributed by atoms with van der Waals surface area (Å²) in [4.78, 5) is 23.9. The summed E-state index contributed by atoms with van der Waals surface area (Å²) >= 11 is 0. The zero-order valence-electron chi connectivity index (χ0n) is 19.2. The SMILES string of the molecule is C=C1C2CCC3C(O)C2(CC(OC(C)=O)C2(O)C1CC(OC(C)=O)C2(C)C)CC3(C)O. The molecule has 0 heterocycles. The largest absolute Gasteiger partial charge is 0.462 e. The van der Waals surface area contributed by atoms with Crippen molar-refractivity contribution in [3.63, 3.8) is 0 Å². The minimum Gasteiger partial charge on any atom is -0.462 e. The number of aliphatic hydroxyl groups is 3. The molecule has 4 rings (SSSR count). The molecule has 174 valence electrons. The molecule has 0 aromatic heterocycles. The van der Waals surface area contributed by atoms with Crippen LogP contribution in [-0.2, 0) is 19.1 Å². The number of carbonyl (C=O) groups excluding carboxylic acids is 2. The Kier molecular flexibility index (Phi) is 4.97. The lowest BCUT2D eigenvalue weighted by molar-refractivity contribution is -0.202. The van der Waals surface area contributed by atoms with E-state index in [1.807, 2.05) is 13.8 Å².